The molecule has 1 aromatic heterocycles. The Hall–Kier alpha value is -1.56. The first-order valence-corrected chi connectivity index (χ1v) is 6.91. The number of oxime groups is 1. The van der Waals surface area contributed by atoms with Crippen LogP contribution in [0.2, 0.25) is 0 Å². The fourth-order valence-corrected chi connectivity index (χ4v) is 3.08. The fourth-order valence-electron chi connectivity index (χ4n) is 2.41. The summed E-state index contributed by atoms with van der Waals surface area (Å²) in [5.41, 5.74) is 6.06. The van der Waals surface area contributed by atoms with Crippen LogP contribution in [-0.4, -0.2) is 22.5 Å². The van der Waals surface area contributed by atoms with Gasteiger partial charge in [0.1, 0.15) is 5.54 Å². The molecule has 0 spiro atoms. The molecule has 1 aliphatic carbocycles. The van der Waals surface area contributed by atoms with Gasteiger partial charge in [0.15, 0.2) is 5.84 Å². The summed E-state index contributed by atoms with van der Waals surface area (Å²) >= 11 is 1.57. The molecule has 1 amide bonds. The van der Waals surface area contributed by atoms with Crippen LogP contribution in [0.4, 0.5) is 0 Å². The Morgan fingerprint density at radius 1 is 1.56 bits per heavy atom. The van der Waals surface area contributed by atoms with Gasteiger partial charge in [0.2, 0.25) is 5.91 Å². The standard InChI is InChI=1S/C12H17N3O2S/c13-11(15-17)12(4-1-2-5-12)14-10(16)7-9-3-6-18-8-9/h3,6,8,17H,1-2,4-5,7H2,(H2,13,15)(H,14,16). The molecule has 1 aliphatic rings. The van der Waals surface area contributed by atoms with Crippen molar-refractivity contribution >= 4 is 23.1 Å². The molecule has 1 saturated carbocycles. The molecule has 4 N–H and O–H groups in total. The van der Waals surface area contributed by atoms with E-state index in [-0.39, 0.29) is 11.7 Å². The van der Waals surface area contributed by atoms with E-state index < -0.39 is 5.54 Å². The first-order valence-electron chi connectivity index (χ1n) is 5.96. The summed E-state index contributed by atoms with van der Waals surface area (Å²) in [5, 5.41) is 18.7. The van der Waals surface area contributed by atoms with Crippen LogP contribution >= 0.6 is 11.3 Å². The van der Waals surface area contributed by atoms with E-state index in [4.69, 9.17) is 10.9 Å². The van der Waals surface area contributed by atoms with Crippen molar-refractivity contribution in [1.29, 1.82) is 0 Å². The molecule has 5 nitrogen and oxygen atoms in total. The number of amidine groups is 1. The smallest absolute Gasteiger partial charge is 0.225 e. The van der Waals surface area contributed by atoms with Crippen molar-refractivity contribution < 1.29 is 10.0 Å². The van der Waals surface area contributed by atoms with Crippen LogP contribution in [-0.2, 0) is 11.2 Å². The summed E-state index contributed by atoms with van der Waals surface area (Å²) in [6, 6.07) is 1.93. The van der Waals surface area contributed by atoms with E-state index in [1.807, 2.05) is 16.8 Å². The van der Waals surface area contributed by atoms with Crippen LogP contribution in [0.1, 0.15) is 31.2 Å². The number of hydrogen-bond donors (Lipinski definition) is 3. The molecule has 1 aromatic rings. The zero-order valence-corrected chi connectivity index (χ0v) is 10.9. The van der Waals surface area contributed by atoms with Gasteiger partial charge in [-0.15, -0.1) is 0 Å². The zero-order valence-electron chi connectivity index (χ0n) is 10.1. The normalized spacial score (nSPS) is 18.8. The molecule has 0 radical (unpaired) electrons. The monoisotopic (exact) mass is 267 g/mol. The molecule has 0 aromatic carbocycles. The Morgan fingerprint density at radius 3 is 2.83 bits per heavy atom. The number of nitrogens with one attached hydrogen (secondary N) is 1. The topological polar surface area (TPSA) is 87.7 Å². The molecule has 98 valence electrons. The minimum atomic E-state index is -0.651. The first kappa shape index (κ1) is 12.9. The quantitative estimate of drug-likeness (QED) is 0.334. The minimum Gasteiger partial charge on any atom is -0.409 e. The summed E-state index contributed by atoms with van der Waals surface area (Å²) in [6.07, 6.45) is 3.77. The van der Waals surface area contributed by atoms with Gasteiger partial charge in [0.25, 0.3) is 0 Å². The molecule has 2 rings (SSSR count). The Balaban J connectivity index is 2.03. The first-order chi connectivity index (χ1) is 8.66. The molecule has 18 heavy (non-hydrogen) atoms. The molecule has 0 saturated heterocycles. The Bertz CT molecular complexity index is 436. The number of hydrogen-bond acceptors (Lipinski definition) is 4. The van der Waals surface area contributed by atoms with Gasteiger partial charge in [-0.05, 0) is 35.2 Å². The average Bonchev–Trinajstić information content (AvgIpc) is 3.00. The van der Waals surface area contributed by atoms with Crippen molar-refractivity contribution in [2.45, 2.75) is 37.6 Å². The molecule has 6 heteroatoms. The number of thiophene rings is 1. The van der Waals surface area contributed by atoms with Crippen LogP contribution < -0.4 is 11.1 Å². The van der Waals surface area contributed by atoms with Crippen LogP contribution in [0, 0.1) is 0 Å². The van der Waals surface area contributed by atoms with Crippen LogP contribution in [0.5, 0.6) is 0 Å². The van der Waals surface area contributed by atoms with E-state index >= 15 is 0 Å². The maximum atomic E-state index is 12.0. The van der Waals surface area contributed by atoms with E-state index in [2.05, 4.69) is 10.5 Å². The number of carbonyl (C=O) groups is 1. The molecule has 1 heterocycles. The second kappa shape index (κ2) is 5.39. The number of carbonyl (C=O) groups excluding carboxylic acids is 1. The van der Waals surface area contributed by atoms with Crippen molar-refractivity contribution in [2.75, 3.05) is 0 Å². The predicted molar refractivity (Wildman–Crippen MR) is 70.8 cm³/mol. The lowest BCUT2D eigenvalue weighted by molar-refractivity contribution is -0.121. The summed E-state index contributed by atoms with van der Waals surface area (Å²) in [7, 11) is 0. The molecule has 0 aliphatic heterocycles. The van der Waals surface area contributed by atoms with Gasteiger partial charge in [-0.25, -0.2) is 0 Å². The summed E-state index contributed by atoms with van der Waals surface area (Å²) in [6.45, 7) is 0. The molecular weight excluding hydrogens is 250 g/mol. The molecule has 0 bridgehead atoms. The molecule has 0 atom stereocenters. The lowest BCUT2D eigenvalue weighted by atomic mass is 9.95. The molecular formula is C12H17N3O2S. The number of rotatable bonds is 4. The van der Waals surface area contributed by atoms with Crippen molar-refractivity contribution in [3.8, 4) is 0 Å². The lowest BCUT2D eigenvalue weighted by Gasteiger charge is -2.28. The number of nitrogens with two attached hydrogens (primary N) is 1. The number of amides is 1. The second-order valence-electron chi connectivity index (χ2n) is 4.63. The van der Waals surface area contributed by atoms with Gasteiger partial charge in [0.05, 0.1) is 6.42 Å². The number of nitrogens with zero attached hydrogens (tertiary/aromatic N) is 1. The third kappa shape index (κ3) is 2.64. The largest absolute Gasteiger partial charge is 0.409 e. The third-order valence-electron chi connectivity index (χ3n) is 3.38. The highest BCUT2D eigenvalue weighted by Gasteiger charge is 2.39. The third-order valence-corrected chi connectivity index (χ3v) is 4.11. The molecule has 0 unspecified atom stereocenters. The Kier molecular flexibility index (Phi) is 3.86. The Labute approximate surface area is 110 Å². The maximum Gasteiger partial charge on any atom is 0.225 e. The van der Waals surface area contributed by atoms with Gasteiger partial charge in [0, 0.05) is 0 Å². The van der Waals surface area contributed by atoms with E-state index in [1.165, 1.54) is 0 Å². The highest BCUT2D eigenvalue weighted by atomic mass is 32.1. The second-order valence-corrected chi connectivity index (χ2v) is 5.41. The SMILES string of the molecule is N/C(=N/O)C1(NC(=O)Cc2ccsc2)CCCC1. The van der Waals surface area contributed by atoms with Crippen LogP contribution in [0.15, 0.2) is 22.0 Å². The maximum absolute atomic E-state index is 12.0. The fraction of sp³-hybridized carbons (Fsp3) is 0.500. The molecule has 1 fully saturated rings. The predicted octanol–water partition coefficient (Wildman–Crippen LogP) is 1.47. The van der Waals surface area contributed by atoms with Crippen LogP contribution in [0.25, 0.3) is 0 Å². The highest BCUT2D eigenvalue weighted by Crippen LogP contribution is 2.30. The van der Waals surface area contributed by atoms with Crippen molar-refractivity contribution in [3.63, 3.8) is 0 Å². The van der Waals surface area contributed by atoms with Crippen molar-refractivity contribution in [1.82, 2.24) is 5.32 Å². The van der Waals surface area contributed by atoms with Crippen molar-refractivity contribution in [3.05, 3.63) is 22.4 Å². The minimum absolute atomic E-state index is 0.0816. The summed E-state index contributed by atoms with van der Waals surface area (Å²) in [5.74, 6) is 0.0283. The van der Waals surface area contributed by atoms with E-state index in [1.54, 1.807) is 11.3 Å². The summed E-state index contributed by atoms with van der Waals surface area (Å²) in [4.78, 5) is 12.0. The van der Waals surface area contributed by atoms with E-state index in [9.17, 15) is 4.79 Å². The van der Waals surface area contributed by atoms with Gasteiger partial charge in [-0.3, -0.25) is 4.79 Å². The Morgan fingerprint density at radius 2 is 2.28 bits per heavy atom. The average molecular weight is 267 g/mol. The van der Waals surface area contributed by atoms with E-state index in [0.29, 0.717) is 6.42 Å². The lowest BCUT2D eigenvalue weighted by Crippen LogP contribution is -2.56. The van der Waals surface area contributed by atoms with Crippen LogP contribution in [0.3, 0.4) is 0 Å². The van der Waals surface area contributed by atoms with Gasteiger partial charge in [-0.1, -0.05) is 18.0 Å². The van der Waals surface area contributed by atoms with Gasteiger partial charge < -0.3 is 16.3 Å². The van der Waals surface area contributed by atoms with Gasteiger partial charge in [-0.2, -0.15) is 11.3 Å². The zero-order chi connectivity index (χ0) is 13.0. The van der Waals surface area contributed by atoms with Crippen molar-refractivity contribution in [2.24, 2.45) is 10.9 Å². The summed E-state index contributed by atoms with van der Waals surface area (Å²) < 4.78 is 0. The van der Waals surface area contributed by atoms with E-state index in [0.717, 1.165) is 31.2 Å². The van der Waals surface area contributed by atoms with Gasteiger partial charge >= 0.3 is 0 Å². The highest BCUT2D eigenvalue weighted by molar-refractivity contribution is 7.07.